The van der Waals surface area contributed by atoms with Gasteiger partial charge in [-0.3, -0.25) is 0 Å². The van der Waals surface area contributed by atoms with Crippen LogP contribution >= 0.6 is 11.7 Å². The van der Waals surface area contributed by atoms with Gasteiger partial charge in [0.05, 0.1) is 28.4 Å². The predicted molar refractivity (Wildman–Crippen MR) is 298 cm³/mol. The maximum atomic E-state index is 5.03. The Hall–Kier alpha value is -7.60. The highest BCUT2D eigenvalue weighted by Crippen LogP contribution is 2.50. The van der Waals surface area contributed by atoms with E-state index in [-0.39, 0.29) is 16.2 Å². The number of rotatable bonds is 7. The highest BCUT2D eigenvalue weighted by atomic mass is 32.1. The molecule has 0 unspecified atom stereocenters. The van der Waals surface area contributed by atoms with E-state index in [9.17, 15) is 0 Å². The molecule has 0 spiro atoms. The molecule has 0 bridgehead atoms. The molecule has 4 nitrogen and oxygen atoms in total. The van der Waals surface area contributed by atoms with Crippen LogP contribution < -0.4 is 4.90 Å². The first kappa shape index (κ1) is 43.7. The normalized spacial score (nSPS) is 13.3. The summed E-state index contributed by atoms with van der Waals surface area (Å²) in [4.78, 5) is 2.33. The number of fused-ring (bicyclic) bond motifs is 7. The molecule has 70 heavy (non-hydrogen) atoms. The van der Waals surface area contributed by atoms with Crippen LogP contribution in [0.3, 0.4) is 0 Å². The zero-order chi connectivity index (χ0) is 48.1. The van der Waals surface area contributed by atoms with Crippen molar-refractivity contribution in [1.82, 2.24) is 13.3 Å². The fraction of sp³-hybridized carbons (Fsp3) is 0.169. The number of hydrogen-bond donors (Lipinski definition) is 0. The Kier molecular flexibility index (Phi) is 10.1. The van der Waals surface area contributed by atoms with Crippen molar-refractivity contribution in [3.8, 4) is 50.2 Å². The van der Waals surface area contributed by atoms with Crippen LogP contribution in [0.25, 0.3) is 83.0 Å². The molecule has 9 aromatic carbocycles. The molecule has 1 aliphatic rings. The van der Waals surface area contributed by atoms with Crippen LogP contribution in [0, 0.1) is 0 Å². The summed E-state index contributed by atoms with van der Waals surface area (Å²) in [5.74, 6) is 0. The molecule has 11 aromatic rings. The molecular formula is C65H56N4S. The van der Waals surface area contributed by atoms with Gasteiger partial charge in [-0.15, -0.1) is 0 Å². The lowest BCUT2D eigenvalue weighted by atomic mass is 9.81. The van der Waals surface area contributed by atoms with Gasteiger partial charge in [-0.05, 0) is 151 Å². The molecule has 0 saturated heterocycles. The molecule has 0 aliphatic heterocycles. The Labute approximate surface area is 415 Å². The molecule has 0 fully saturated rings. The zero-order valence-electron chi connectivity index (χ0n) is 41.2. The van der Waals surface area contributed by atoms with Crippen LogP contribution in [0.2, 0.25) is 0 Å². The second kappa shape index (κ2) is 16.3. The summed E-state index contributed by atoms with van der Waals surface area (Å²) in [6.45, 7) is 18.4. The molecule has 1 aliphatic carbocycles. The Balaban J connectivity index is 0.929. The van der Waals surface area contributed by atoms with Crippen molar-refractivity contribution in [3.63, 3.8) is 0 Å². The molecule has 342 valence electrons. The lowest BCUT2D eigenvalue weighted by molar-refractivity contribution is 0.590. The average molecular weight is 925 g/mol. The first-order valence-electron chi connectivity index (χ1n) is 24.5. The molecule has 0 N–H and O–H groups in total. The van der Waals surface area contributed by atoms with Crippen LogP contribution in [-0.4, -0.2) is 13.3 Å². The molecule has 0 amide bonds. The molecule has 0 saturated carbocycles. The van der Waals surface area contributed by atoms with Crippen LogP contribution in [0.4, 0.5) is 17.1 Å². The van der Waals surface area contributed by atoms with Crippen LogP contribution in [-0.2, 0) is 16.2 Å². The monoisotopic (exact) mass is 924 g/mol. The summed E-state index contributed by atoms with van der Waals surface area (Å²) in [5.41, 5.74) is 23.4. The third kappa shape index (κ3) is 7.25. The van der Waals surface area contributed by atoms with Gasteiger partial charge in [-0.1, -0.05) is 171 Å². The standard InChI is InChI=1S/C65H56N4S/c1-63(2,3)46-25-35-58-54(39-46)55-40-47(64(4,5)6)26-36-59(55)69(58)50-31-22-44(23-32-50)51-34-37-60(62-61(51)66-70-67-62)68(48-27-18-42(19-28-48)41-14-10-9-11-15-41)49-29-20-43(21-30-49)45-24-33-53-52-16-12-13-17-56(52)65(7,8)57(53)38-45/h9-40H,1-8H3. The third-order valence-electron chi connectivity index (χ3n) is 14.8. The second-order valence-corrected chi connectivity index (χ2v) is 22.2. The van der Waals surface area contributed by atoms with Crippen LogP contribution in [0.5, 0.6) is 0 Å². The van der Waals surface area contributed by atoms with Crippen molar-refractivity contribution >= 4 is 61.6 Å². The first-order chi connectivity index (χ1) is 33.7. The number of nitrogens with zero attached hydrogens (tertiary/aromatic N) is 4. The second-order valence-electron chi connectivity index (χ2n) is 21.7. The molecule has 0 radical (unpaired) electrons. The van der Waals surface area contributed by atoms with Crippen molar-refractivity contribution < 1.29 is 0 Å². The molecule has 2 aromatic heterocycles. The number of benzene rings is 9. The average Bonchev–Trinajstić information content (AvgIpc) is 4.06. The van der Waals surface area contributed by atoms with Gasteiger partial charge in [0.1, 0.15) is 11.0 Å². The summed E-state index contributed by atoms with van der Waals surface area (Å²) < 4.78 is 12.5. The van der Waals surface area contributed by atoms with Crippen LogP contribution in [0.1, 0.15) is 77.6 Å². The number of hydrogen-bond acceptors (Lipinski definition) is 4. The quantitative estimate of drug-likeness (QED) is 0.160. The molecule has 5 heteroatoms. The van der Waals surface area contributed by atoms with E-state index in [2.05, 4.69) is 259 Å². The minimum atomic E-state index is -0.0639. The van der Waals surface area contributed by atoms with Gasteiger partial charge < -0.3 is 9.47 Å². The Morgan fingerprint density at radius 2 is 0.929 bits per heavy atom. The van der Waals surface area contributed by atoms with Gasteiger partial charge in [0.15, 0.2) is 0 Å². The lowest BCUT2D eigenvalue weighted by Gasteiger charge is -2.26. The van der Waals surface area contributed by atoms with Crippen molar-refractivity contribution in [3.05, 3.63) is 216 Å². The van der Waals surface area contributed by atoms with E-state index in [0.29, 0.717) is 0 Å². The highest BCUT2D eigenvalue weighted by Gasteiger charge is 2.35. The summed E-state index contributed by atoms with van der Waals surface area (Å²) in [5, 5.41) is 2.58. The SMILES string of the molecule is CC(C)(C)c1ccc2c(c1)c1cc(C(C)(C)C)ccc1n2-c1ccc(-c2ccc(N(c3ccc(-c4ccccc4)cc3)c3ccc(-c4ccc5c(c4)C(C)(C)c4ccccc4-5)cc3)c3nsnc23)cc1. The minimum Gasteiger partial charge on any atom is -0.309 e. The van der Waals surface area contributed by atoms with Gasteiger partial charge in [0.2, 0.25) is 0 Å². The summed E-state index contributed by atoms with van der Waals surface area (Å²) in [7, 11) is 0. The topological polar surface area (TPSA) is 34.0 Å². The minimum absolute atomic E-state index is 0.0426. The Morgan fingerprint density at radius 3 is 1.54 bits per heavy atom. The van der Waals surface area contributed by atoms with E-state index in [4.69, 9.17) is 8.75 Å². The molecular weight excluding hydrogens is 869 g/mol. The number of anilines is 3. The number of aromatic nitrogens is 3. The third-order valence-corrected chi connectivity index (χ3v) is 15.4. The van der Waals surface area contributed by atoms with Crippen molar-refractivity contribution in [2.45, 2.75) is 71.6 Å². The zero-order valence-corrected chi connectivity index (χ0v) is 42.0. The van der Waals surface area contributed by atoms with Gasteiger partial charge in [0, 0.05) is 38.8 Å². The van der Waals surface area contributed by atoms with Crippen molar-refractivity contribution in [1.29, 1.82) is 0 Å². The highest BCUT2D eigenvalue weighted by molar-refractivity contribution is 7.00. The van der Waals surface area contributed by atoms with E-state index in [1.54, 1.807) is 0 Å². The smallest absolute Gasteiger partial charge is 0.129 e. The van der Waals surface area contributed by atoms with E-state index in [1.807, 2.05) is 0 Å². The predicted octanol–water partition coefficient (Wildman–Crippen LogP) is 18.2. The van der Waals surface area contributed by atoms with E-state index < -0.39 is 0 Å². The van der Waals surface area contributed by atoms with Crippen LogP contribution in [0.15, 0.2) is 194 Å². The maximum absolute atomic E-state index is 5.03. The lowest BCUT2D eigenvalue weighted by Crippen LogP contribution is -2.14. The fourth-order valence-corrected chi connectivity index (χ4v) is 11.4. The van der Waals surface area contributed by atoms with E-state index >= 15 is 0 Å². The molecule has 0 atom stereocenters. The van der Waals surface area contributed by atoms with Gasteiger partial charge in [0.25, 0.3) is 0 Å². The molecule has 2 heterocycles. The van der Waals surface area contributed by atoms with Crippen molar-refractivity contribution in [2.24, 2.45) is 0 Å². The Bertz CT molecular complexity index is 3720. The van der Waals surface area contributed by atoms with Gasteiger partial charge in [-0.2, -0.15) is 8.75 Å². The largest absolute Gasteiger partial charge is 0.309 e. The summed E-state index contributed by atoms with van der Waals surface area (Å²) >= 11 is 1.27. The molecule has 12 rings (SSSR count). The Morgan fingerprint density at radius 1 is 0.429 bits per heavy atom. The van der Waals surface area contributed by atoms with Gasteiger partial charge >= 0.3 is 0 Å². The van der Waals surface area contributed by atoms with Crippen molar-refractivity contribution in [2.75, 3.05) is 4.90 Å². The summed E-state index contributed by atoms with van der Waals surface area (Å²) in [6.07, 6.45) is 0. The first-order valence-corrected chi connectivity index (χ1v) is 25.2. The van der Waals surface area contributed by atoms with E-state index in [1.165, 1.54) is 89.2 Å². The maximum Gasteiger partial charge on any atom is 0.129 e. The summed E-state index contributed by atoms with van der Waals surface area (Å²) in [6, 6.07) is 71.7. The van der Waals surface area contributed by atoms with E-state index in [0.717, 1.165) is 44.9 Å². The fourth-order valence-electron chi connectivity index (χ4n) is 10.8. The van der Waals surface area contributed by atoms with Gasteiger partial charge in [-0.25, -0.2) is 0 Å².